The summed E-state index contributed by atoms with van der Waals surface area (Å²) in [6.45, 7) is 0.663. The van der Waals surface area contributed by atoms with Crippen molar-refractivity contribution >= 4 is 17.5 Å². The van der Waals surface area contributed by atoms with E-state index >= 15 is 0 Å². The van der Waals surface area contributed by atoms with Crippen LogP contribution in [-0.4, -0.2) is 35.5 Å². The molecule has 3 N–H and O–H groups in total. The molecule has 18 heavy (non-hydrogen) atoms. The van der Waals surface area contributed by atoms with Crippen LogP contribution in [-0.2, 0) is 4.79 Å². The topological polar surface area (TPSA) is 78.9 Å². The third-order valence-corrected chi connectivity index (χ3v) is 3.27. The lowest BCUT2D eigenvalue weighted by atomic mass is 10.2. The second-order valence-electron chi connectivity index (χ2n) is 4.87. The van der Waals surface area contributed by atoms with E-state index in [9.17, 15) is 4.79 Å². The van der Waals surface area contributed by atoms with Crippen LogP contribution < -0.4 is 16.0 Å². The van der Waals surface area contributed by atoms with E-state index in [-0.39, 0.29) is 11.9 Å². The summed E-state index contributed by atoms with van der Waals surface area (Å²) in [4.78, 5) is 20.1. The van der Waals surface area contributed by atoms with Crippen LogP contribution in [0, 0.1) is 0 Å². The maximum atomic E-state index is 11.2. The van der Waals surface area contributed by atoms with Crippen LogP contribution in [0.5, 0.6) is 0 Å². The van der Waals surface area contributed by atoms with Crippen LogP contribution in [0.4, 0.5) is 11.6 Å². The molecular weight excluding hydrogens is 230 g/mol. The molecule has 1 aromatic heterocycles. The van der Waals surface area contributed by atoms with Gasteiger partial charge in [-0.3, -0.25) is 4.79 Å². The predicted octanol–water partition coefficient (Wildman–Crippen LogP) is 0.696. The van der Waals surface area contributed by atoms with Gasteiger partial charge >= 0.3 is 0 Å². The molecule has 3 rings (SSSR count). The first-order valence-corrected chi connectivity index (χ1v) is 6.34. The lowest BCUT2D eigenvalue weighted by Gasteiger charge is -2.13. The van der Waals surface area contributed by atoms with Crippen molar-refractivity contribution < 1.29 is 4.79 Å². The molecule has 1 atom stereocenters. The molecule has 0 bridgehead atoms. The van der Waals surface area contributed by atoms with Gasteiger partial charge in [-0.1, -0.05) is 0 Å². The monoisotopic (exact) mass is 247 g/mol. The Hall–Kier alpha value is -1.85. The minimum atomic E-state index is 0.0952. The Bertz CT molecular complexity index is 472. The number of carbonyl (C=O) groups excluding carboxylic acids is 1. The lowest BCUT2D eigenvalue weighted by molar-refractivity contribution is -0.119. The zero-order chi connectivity index (χ0) is 12.5. The molecule has 2 heterocycles. The van der Waals surface area contributed by atoms with Gasteiger partial charge in [0.1, 0.15) is 17.5 Å². The Morgan fingerprint density at radius 3 is 2.72 bits per heavy atom. The quantitative estimate of drug-likeness (QED) is 0.730. The van der Waals surface area contributed by atoms with Crippen LogP contribution in [0.25, 0.3) is 0 Å². The smallest absolute Gasteiger partial charge is 0.222 e. The summed E-state index contributed by atoms with van der Waals surface area (Å²) in [7, 11) is 1.85. The Labute approximate surface area is 106 Å². The molecule has 1 saturated heterocycles. The third kappa shape index (κ3) is 2.37. The highest BCUT2D eigenvalue weighted by molar-refractivity contribution is 5.79. The van der Waals surface area contributed by atoms with Crippen LogP contribution in [0.1, 0.15) is 31.0 Å². The van der Waals surface area contributed by atoms with Gasteiger partial charge < -0.3 is 16.0 Å². The zero-order valence-electron chi connectivity index (χ0n) is 10.4. The Kier molecular flexibility index (Phi) is 2.77. The van der Waals surface area contributed by atoms with Crippen molar-refractivity contribution in [1.82, 2.24) is 15.3 Å². The zero-order valence-corrected chi connectivity index (χ0v) is 10.4. The first-order chi connectivity index (χ1) is 8.74. The van der Waals surface area contributed by atoms with Gasteiger partial charge in [0.25, 0.3) is 0 Å². The standard InChI is InChI=1S/C12H17N5O/c1-13-9-5-10(15-8-4-11(18)14-6-8)17-12(16-9)7-2-3-7/h5,7-8H,2-4,6H2,1H3,(H,14,18)(H2,13,15,16,17). The second kappa shape index (κ2) is 4.44. The van der Waals surface area contributed by atoms with E-state index in [1.165, 1.54) is 12.8 Å². The Balaban J connectivity index is 1.77. The largest absolute Gasteiger partial charge is 0.373 e. The van der Waals surface area contributed by atoms with Crippen LogP contribution in [0.2, 0.25) is 0 Å². The highest BCUT2D eigenvalue weighted by atomic mass is 16.1. The van der Waals surface area contributed by atoms with Gasteiger partial charge in [0.2, 0.25) is 5.91 Å². The Morgan fingerprint density at radius 1 is 1.33 bits per heavy atom. The van der Waals surface area contributed by atoms with E-state index in [0.717, 1.165) is 17.5 Å². The van der Waals surface area contributed by atoms with Crippen LogP contribution in [0.15, 0.2) is 6.07 Å². The summed E-state index contributed by atoms with van der Waals surface area (Å²) in [6, 6.07) is 2.01. The molecule has 96 valence electrons. The number of amides is 1. The highest BCUT2D eigenvalue weighted by Gasteiger charge is 2.28. The molecule has 0 spiro atoms. The van der Waals surface area contributed by atoms with Gasteiger partial charge in [-0.25, -0.2) is 9.97 Å². The minimum Gasteiger partial charge on any atom is -0.373 e. The summed E-state index contributed by atoms with van der Waals surface area (Å²) in [5.41, 5.74) is 0. The van der Waals surface area contributed by atoms with Crippen molar-refractivity contribution in [3.63, 3.8) is 0 Å². The van der Waals surface area contributed by atoms with Crippen molar-refractivity contribution in [1.29, 1.82) is 0 Å². The summed E-state index contributed by atoms with van der Waals surface area (Å²) in [5.74, 6) is 3.14. The number of hydrogen-bond donors (Lipinski definition) is 3. The molecule has 1 aliphatic heterocycles. The number of hydrogen-bond acceptors (Lipinski definition) is 5. The van der Waals surface area contributed by atoms with Gasteiger partial charge in [-0.2, -0.15) is 0 Å². The van der Waals surface area contributed by atoms with Gasteiger partial charge in [-0.05, 0) is 12.8 Å². The lowest BCUT2D eigenvalue weighted by Crippen LogP contribution is -2.23. The number of nitrogens with one attached hydrogen (secondary N) is 3. The molecule has 1 aliphatic carbocycles. The van der Waals surface area contributed by atoms with E-state index in [4.69, 9.17) is 0 Å². The normalized spacial score (nSPS) is 22.7. The minimum absolute atomic E-state index is 0.0952. The molecule has 0 radical (unpaired) electrons. The number of carbonyl (C=O) groups is 1. The highest BCUT2D eigenvalue weighted by Crippen LogP contribution is 2.38. The molecule has 0 aromatic carbocycles. The van der Waals surface area contributed by atoms with E-state index in [1.807, 2.05) is 13.1 Å². The number of aromatic nitrogens is 2. The molecule has 6 heteroatoms. The average Bonchev–Trinajstić information content (AvgIpc) is 3.14. The van der Waals surface area contributed by atoms with Crippen molar-refractivity contribution in [3.05, 3.63) is 11.9 Å². The molecule has 1 saturated carbocycles. The van der Waals surface area contributed by atoms with E-state index < -0.39 is 0 Å². The maximum absolute atomic E-state index is 11.2. The number of rotatable bonds is 4. The Morgan fingerprint density at radius 2 is 2.11 bits per heavy atom. The molecule has 6 nitrogen and oxygen atoms in total. The summed E-state index contributed by atoms with van der Waals surface area (Å²) in [6.07, 6.45) is 2.86. The average molecular weight is 247 g/mol. The SMILES string of the molecule is CNc1cc(NC2CNC(=O)C2)nc(C2CC2)n1. The predicted molar refractivity (Wildman–Crippen MR) is 68.6 cm³/mol. The van der Waals surface area contributed by atoms with Crippen molar-refractivity contribution in [2.75, 3.05) is 24.2 Å². The van der Waals surface area contributed by atoms with Gasteiger partial charge in [0.05, 0.1) is 6.04 Å². The van der Waals surface area contributed by atoms with Gasteiger partial charge in [0.15, 0.2) is 0 Å². The molecule has 1 unspecified atom stereocenters. The van der Waals surface area contributed by atoms with Crippen LogP contribution in [0.3, 0.4) is 0 Å². The first kappa shape index (κ1) is 11.3. The molecular formula is C12H17N5O. The van der Waals surface area contributed by atoms with Gasteiger partial charge in [-0.15, -0.1) is 0 Å². The molecule has 2 aliphatic rings. The van der Waals surface area contributed by atoms with Crippen molar-refractivity contribution in [2.24, 2.45) is 0 Å². The maximum Gasteiger partial charge on any atom is 0.222 e. The van der Waals surface area contributed by atoms with Gasteiger partial charge in [0, 0.05) is 32.0 Å². The first-order valence-electron chi connectivity index (χ1n) is 6.34. The summed E-state index contributed by atoms with van der Waals surface area (Å²) < 4.78 is 0. The summed E-state index contributed by atoms with van der Waals surface area (Å²) >= 11 is 0. The van der Waals surface area contributed by atoms with E-state index in [1.54, 1.807) is 0 Å². The fourth-order valence-corrected chi connectivity index (χ4v) is 2.11. The van der Waals surface area contributed by atoms with Crippen molar-refractivity contribution in [3.8, 4) is 0 Å². The second-order valence-corrected chi connectivity index (χ2v) is 4.87. The van der Waals surface area contributed by atoms with E-state index in [2.05, 4.69) is 25.9 Å². The molecule has 1 aromatic rings. The molecule has 1 amide bonds. The fourth-order valence-electron chi connectivity index (χ4n) is 2.11. The molecule has 2 fully saturated rings. The van der Waals surface area contributed by atoms with E-state index in [0.29, 0.717) is 18.9 Å². The summed E-state index contributed by atoms with van der Waals surface area (Å²) in [5, 5.41) is 9.15. The fraction of sp³-hybridized carbons (Fsp3) is 0.583. The third-order valence-electron chi connectivity index (χ3n) is 3.27. The van der Waals surface area contributed by atoms with Crippen molar-refractivity contribution in [2.45, 2.75) is 31.2 Å². The number of anilines is 2. The van der Waals surface area contributed by atoms with Crippen LogP contribution >= 0.6 is 0 Å². The number of nitrogens with zero attached hydrogens (tertiary/aromatic N) is 2.